The van der Waals surface area contributed by atoms with Crippen molar-refractivity contribution in [2.24, 2.45) is 0 Å². The van der Waals surface area contributed by atoms with Crippen molar-refractivity contribution in [2.45, 2.75) is 257 Å². The van der Waals surface area contributed by atoms with Crippen LogP contribution in [0.3, 0.4) is 0 Å². The van der Waals surface area contributed by atoms with E-state index in [0.29, 0.717) is 19.3 Å². The Morgan fingerprint density at radius 2 is 0.632 bits per heavy atom. The molecule has 498 valence electrons. The van der Waals surface area contributed by atoms with Crippen LogP contribution in [-0.4, -0.2) is 95.9 Å². The first-order valence-electron chi connectivity index (χ1n) is 32.8. The van der Waals surface area contributed by atoms with Crippen LogP contribution in [0.5, 0.6) is 0 Å². The molecule has 0 heterocycles. The quantitative estimate of drug-likeness (QED) is 0.0146. The summed E-state index contributed by atoms with van der Waals surface area (Å²) in [4.78, 5) is 58.3. The molecular weight excluding hydrogens is 1150 g/mol. The van der Waals surface area contributed by atoms with E-state index in [1.165, 1.54) is 25.7 Å². The summed E-state index contributed by atoms with van der Waals surface area (Å²) in [7, 11) is -9.79. The lowest BCUT2D eigenvalue weighted by atomic mass is 10.1. The van der Waals surface area contributed by atoms with Gasteiger partial charge in [0.25, 0.3) is 0 Å². The largest absolute Gasteiger partial charge is 0.472 e. The van der Waals surface area contributed by atoms with Gasteiger partial charge in [-0.1, -0.05) is 213 Å². The third kappa shape index (κ3) is 63.3. The highest BCUT2D eigenvalue weighted by atomic mass is 31.2. The topological polar surface area (TPSA) is 231 Å². The Kier molecular flexibility index (Phi) is 59.3. The van der Waals surface area contributed by atoms with E-state index in [1.54, 1.807) is 0 Å². The molecule has 0 fully saturated rings. The van der Waals surface area contributed by atoms with Gasteiger partial charge in [0.1, 0.15) is 25.4 Å². The van der Waals surface area contributed by atoms with Crippen LogP contribution in [0.1, 0.15) is 239 Å². The second kappa shape index (κ2) is 62.2. The second-order valence-electron chi connectivity index (χ2n) is 21.5. The van der Waals surface area contributed by atoms with Crippen LogP contribution in [0, 0.1) is 0 Å². The van der Waals surface area contributed by atoms with E-state index in [2.05, 4.69) is 142 Å². The number of aliphatic hydroxyl groups is 2. The molecule has 18 heteroatoms. The van der Waals surface area contributed by atoms with Crippen molar-refractivity contribution in [3.05, 3.63) is 122 Å². The molecule has 0 saturated carbocycles. The fourth-order valence-corrected chi connectivity index (χ4v) is 9.69. The van der Waals surface area contributed by atoms with E-state index >= 15 is 0 Å². The first-order chi connectivity index (χ1) is 42.2. The number of phosphoric acid groups is 2. The summed E-state index contributed by atoms with van der Waals surface area (Å²) in [5, 5.41) is 20.5. The Bertz CT molecular complexity index is 2070. The van der Waals surface area contributed by atoms with E-state index in [4.69, 9.17) is 32.3 Å². The fourth-order valence-electron chi connectivity index (χ4n) is 8.11. The number of esters is 3. The molecule has 5 unspecified atom stereocenters. The lowest BCUT2D eigenvalue weighted by Crippen LogP contribution is -2.30. The maximum atomic E-state index is 12.9. The fraction of sp³-hybridized carbons (Fsp3) is 0.667. The van der Waals surface area contributed by atoms with Gasteiger partial charge in [-0.25, -0.2) is 9.13 Å². The predicted octanol–water partition coefficient (Wildman–Crippen LogP) is 17.9. The lowest BCUT2D eigenvalue weighted by Gasteiger charge is -2.21. The average molecular weight is 1260 g/mol. The maximum Gasteiger partial charge on any atom is 0.472 e. The molecule has 0 aromatic rings. The molecule has 4 N–H and O–H groups in total. The number of unbranched alkanes of at least 4 members (excludes halogenated alkanes) is 18. The van der Waals surface area contributed by atoms with Crippen LogP contribution in [-0.2, 0) is 55.8 Å². The minimum absolute atomic E-state index is 0.0787. The molecule has 0 saturated heterocycles. The number of hydrogen-bond donors (Lipinski definition) is 4. The molecule has 0 aliphatic heterocycles. The minimum Gasteiger partial charge on any atom is -0.463 e. The Labute approximate surface area is 525 Å². The van der Waals surface area contributed by atoms with Crippen LogP contribution in [0.15, 0.2) is 122 Å². The standard InChI is InChI=1S/C69H116O16P2/c1-4-7-10-13-16-19-22-25-27-29-30-31-32-34-36-38-40-43-46-49-52-55-67(72)79-58-64(70)59-81-86(75,76)82-60-65(71)61-83-87(77,78)84-63-66(85-69(74)57-54-51-48-45-42-37-24-21-18-15-12-9-6-3)62-80-68(73)56-53-50-47-44-41-39-35-33-28-26-23-20-17-14-11-8-5-2/h8,11-12,15-17,19-21,24-28,30-31,34-36,39,64-66,70-71H,4-7,9-10,13-14,18,22-23,29,32-33,37-38,40-63H2,1-3H3,(H,75,76)(H,77,78)/b11-8-,15-12-,19-16-,20-17-,24-21-,27-25-,28-26-,31-30-,36-34-,39-35-. The van der Waals surface area contributed by atoms with Gasteiger partial charge in [0.15, 0.2) is 6.10 Å². The van der Waals surface area contributed by atoms with Crippen molar-refractivity contribution in [2.75, 3.05) is 39.6 Å². The van der Waals surface area contributed by atoms with E-state index in [1.807, 2.05) is 0 Å². The number of ether oxygens (including phenoxy) is 3. The third-order valence-corrected chi connectivity index (χ3v) is 15.0. The van der Waals surface area contributed by atoms with Crippen molar-refractivity contribution >= 4 is 33.6 Å². The lowest BCUT2D eigenvalue weighted by molar-refractivity contribution is -0.161. The number of rotatable bonds is 61. The molecule has 0 radical (unpaired) electrons. The molecule has 0 rings (SSSR count). The summed E-state index contributed by atoms with van der Waals surface area (Å²) < 4.78 is 60.7. The van der Waals surface area contributed by atoms with Crippen LogP contribution in [0.2, 0.25) is 0 Å². The van der Waals surface area contributed by atoms with E-state index < -0.39 is 91.5 Å². The highest BCUT2D eigenvalue weighted by molar-refractivity contribution is 7.47. The van der Waals surface area contributed by atoms with Crippen LogP contribution in [0.4, 0.5) is 0 Å². The highest BCUT2D eigenvalue weighted by Crippen LogP contribution is 2.45. The van der Waals surface area contributed by atoms with Crippen LogP contribution in [0.25, 0.3) is 0 Å². The SMILES string of the molecule is CC/C=C\C/C=C\C/C=C\C/C=C\CCCCCCC(=O)OCC(COP(=O)(O)OCC(O)COP(=O)(O)OCC(O)COC(=O)CCCCCCC/C=C\C/C=C\C/C=C\C/C=C\CCCCC)OC(=O)CCCCCCC/C=C\C/C=C\CCC. The van der Waals surface area contributed by atoms with Gasteiger partial charge in [-0.15, -0.1) is 0 Å². The van der Waals surface area contributed by atoms with Gasteiger partial charge >= 0.3 is 33.6 Å². The Hall–Kier alpha value is -4.05. The van der Waals surface area contributed by atoms with Gasteiger partial charge in [-0.2, -0.15) is 0 Å². The number of hydrogen-bond acceptors (Lipinski definition) is 14. The normalized spacial score (nSPS) is 15.1. The zero-order chi connectivity index (χ0) is 63.8. The van der Waals surface area contributed by atoms with Gasteiger partial charge in [-0.05, 0) is 128 Å². The predicted molar refractivity (Wildman–Crippen MR) is 353 cm³/mol. The van der Waals surface area contributed by atoms with Crippen molar-refractivity contribution in [3.63, 3.8) is 0 Å². The van der Waals surface area contributed by atoms with Gasteiger partial charge in [-0.3, -0.25) is 32.5 Å². The number of carbonyl (C=O) groups excluding carboxylic acids is 3. The number of allylic oxidation sites excluding steroid dienone is 20. The monoisotopic (exact) mass is 1260 g/mol. The molecule has 16 nitrogen and oxygen atoms in total. The second-order valence-corrected chi connectivity index (χ2v) is 24.4. The van der Waals surface area contributed by atoms with Gasteiger partial charge < -0.3 is 34.2 Å². The van der Waals surface area contributed by atoms with Crippen LogP contribution < -0.4 is 0 Å². The van der Waals surface area contributed by atoms with Gasteiger partial charge in [0.05, 0.1) is 26.4 Å². The molecule has 0 aliphatic carbocycles. The van der Waals surface area contributed by atoms with E-state index in [0.717, 1.165) is 154 Å². The summed E-state index contributed by atoms with van der Waals surface area (Å²) >= 11 is 0. The van der Waals surface area contributed by atoms with Crippen molar-refractivity contribution < 1.29 is 75.8 Å². The van der Waals surface area contributed by atoms with Crippen molar-refractivity contribution in [1.82, 2.24) is 0 Å². The summed E-state index contributed by atoms with van der Waals surface area (Å²) in [5.41, 5.74) is 0. The zero-order valence-corrected chi connectivity index (χ0v) is 55.4. The summed E-state index contributed by atoms with van der Waals surface area (Å²) in [6, 6.07) is 0. The minimum atomic E-state index is -4.93. The highest BCUT2D eigenvalue weighted by Gasteiger charge is 2.29. The average Bonchev–Trinajstić information content (AvgIpc) is 3.69. The third-order valence-electron chi connectivity index (χ3n) is 13.1. The first-order valence-corrected chi connectivity index (χ1v) is 35.8. The van der Waals surface area contributed by atoms with Gasteiger partial charge in [0, 0.05) is 19.3 Å². The Morgan fingerprint density at radius 1 is 0.333 bits per heavy atom. The van der Waals surface area contributed by atoms with E-state index in [9.17, 15) is 43.5 Å². The molecule has 0 aromatic heterocycles. The molecule has 5 atom stereocenters. The van der Waals surface area contributed by atoms with Crippen LogP contribution >= 0.6 is 15.6 Å². The Balaban J connectivity index is 4.68. The molecule has 0 spiro atoms. The van der Waals surface area contributed by atoms with Crippen molar-refractivity contribution in [3.8, 4) is 0 Å². The number of carbonyl (C=O) groups is 3. The Morgan fingerprint density at radius 3 is 1.01 bits per heavy atom. The molecular formula is C69H116O16P2. The molecule has 0 aliphatic rings. The molecule has 0 aromatic carbocycles. The molecule has 87 heavy (non-hydrogen) atoms. The van der Waals surface area contributed by atoms with Crippen molar-refractivity contribution in [1.29, 1.82) is 0 Å². The first kappa shape index (κ1) is 83.0. The summed E-state index contributed by atoms with van der Waals surface area (Å²) in [6.07, 6.45) is 69.7. The smallest absolute Gasteiger partial charge is 0.463 e. The summed E-state index contributed by atoms with van der Waals surface area (Å²) in [5.74, 6) is -1.64. The molecule has 0 bridgehead atoms. The maximum absolute atomic E-state index is 12.9. The molecule has 0 amide bonds. The number of aliphatic hydroxyl groups excluding tert-OH is 2. The summed E-state index contributed by atoms with van der Waals surface area (Å²) in [6.45, 7) is 2.36. The number of phosphoric ester groups is 2. The van der Waals surface area contributed by atoms with Gasteiger partial charge in [0.2, 0.25) is 0 Å². The zero-order valence-electron chi connectivity index (χ0n) is 53.6. The van der Waals surface area contributed by atoms with E-state index in [-0.39, 0.29) is 19.3 Å².